The number of rotatable bonds is 6. The summed E-state index contributed by atoms with van der Waals surface area (Å²) in [7, 11) is 1.67. The number of carbonyl (C=O) groups is 1. The Bertz CT molecular complexity index is 1350. The Balaban J connectivity index is 1.47. The third-order valence-corrected chi connectivity index (χ3v) is 6.70. The Kier molecular flexibility index (Phi) is 5.33. The van der Waals surface area contributed by atoms with Crippen molar-refractivity contribution in [1.82, 2.24) is 24.5 Å². The molecule has 11 heteroatoms. The predicted octanol–water partition coefficient (Wildman–Crippen LogP) is 3.10. The summed E-state index contributed by atoms with van der Waals surface area (Å²) in [5, 5.41) is 3.19. The minimum absolute atomic E-state index is 0.355. The van der Waals surface area contributed by atoms with Crippen LogP contribution in [0.4, 0.5) is 17.6 Å². The fraction of sp³-hybridized carbons (Fsp3) is 0.318. The molecular formula is C22H24N8O2S. The van der Waals surface area contributed by atoms with Gasteiger partial charge in [0.25, 0.3) is 0 Å². The Labute approximate surface area is 194 Å². The van der Waals surface area contributed by atoms with Crippen molar-refractivity contribution in [2.24, 2.45) is 5.73 Å². The highest BCUT2D eigenvalue weighted by Crippen LogP contribution is 2.32. The maximum absolute atomic E-state index is 11.9. The van der Waals surface area contributed by atoms with Crippen LogP contribution in [0.15, 0.2) is 30.2 Å². The summed E-state index contributed by atoms with van der Waals surface area (Å²) in [5.74, 6) is 2.07. The number of methoxy groups -OCH3 is 1. The highest BCUT2D eigenvalue weighted by atomic mass is 32.1. The molecule has 1 aliphatic heterocycles. The number of thiazole rings is 1. The first-order valence-corrected chi connectivity index (χ1v) is 11.5. The third-order valence-electron chi connectivity index (χ3n) is 5.98. The number of amides is 1. The van der Waals surface area contributed by atoms with Gasteiger partial charge in [-0.2, -0.15) is 9.97 Å². The van der Waals surface area contributed by atoms with E-state index < -0.39 is 6.04 Å². The summed E-state index contributed by atoms with van der Waals surface area (Å²) in [6, 6.07) is 3.67. The third kappa shape index (κ3) is 3.84. The summed E-state index contributed by atoms with van der Waals surface area (Å²) >= 11 is 1.42. The first-order valence-electron chi connectivity index (χ1n) is 10.6. The molecule has 33 heavy (non-hydrogen) atoms. The fourth-order valence-corrected chi connectivity index (χ4v) is 4.78. The van der Waals surface area contributed by atoms with E-state index in [9.17, 15) is 4.79 Å². The molecule has 0 saturated carbocycles. The molecule has 1 saturated heterocycles. The summed E-state index contributed by atoms with van der Waals surface area (Å²) in [6.07, 6.45) is 5.17. The molecule has 1 aliphatic rings. The quantitative estimate of drug-likeness (QED) is 0.446. The summed E-state index contributed by atoms with van der Waals surface area (Å²) in [5.41, 5.74) is 11.2. The van der Waals surface area contributed by atoms with Crippen molar-refractivity contribution in [2.75, 3.05) is 23.9 Å². The number of anilines is 3. The number of fused-ring (bicyclic) bond motifs is 1. The number of aromatic nitrogens is 5. The van der Waals surface area contributed by atoms with Crippen LogP contribution >= 0.6 is 11.3 Å². The van der Waals surface area contributed by atoms with Crippen LogP contribution in [0.1, 0.15) is 24.0 Å². The first-order chi connectivity index (χ1) is 15.9. The van der Waals surface area contributed by atoms with Crippen molar-refractivity contribution >= 4 is 45.2 Å². The van der Waals surface area contributed by atoms with Crippen molar-refractivity contribution in [3.8, 4) is 11.4 Å². The summed E-state index contributed by atoms with van der Waals surface area (Å²) in [4.78, 5) is 32.8. The van der Waals surface area contributed by atoms with Gasteiger partial charge < -0.3 is 25.3 Å². The lowest BCUT2D eigenvalue weighted by Crippen LogP contribution is -2.41. The molecule has 0 spiro atoms. The fourth-order valence-electron chi connectivity index (χ4n) is 4.13. The molecule has 1 aromatic carbocycles. The van der Waals surface area contributed by atoms with Gasteiger partial charge in [0, 0.05) is 12.6 Å². The number of imidazole rings is 1. The number of nitrogens with one attached hydrogen (secondary N) is 1. The standard InChI is InChI=1S/C22H24N8O2S/c1-12-7-14(8-16(32-3)13(12)2)29-9-17(24-10-29)26-22-27-20(18-21(28-22)33-11-25-18)30-6-4-5-15(30)19(23)31/h7-11,15H,4-6H2,1-3H3,(H2,23,31)(H,26,27,28)/t15-/m0/s1. The first kappa shape index (κ1) is 21.1. The second-order valence-electron chi connectivity index (χ2n) is 8.01. The monoisotopic (exact) mass is 464 g/mol. The molecule has 3 aromatic heterocycles. The second-order valence-corrected chi connectivity index (χ2v) is 8.85. The zero-order valence-corrected chi connectivity index (χ0v) is 19.4. The van der Waals surface area contributed by atoms with E-state index >= 15 is 0 Å². The molecule has 0 radical (unpaired) electrons. The second kappa shape index (κ2) is 8.32. The van der Waals surface area contributed by atoms with Gasteiger partial charge in [0.15, 0.2) is 16.5 Å². The van der Waals surface area contributed by atoms with Crippen molar-refractivity contribution in [2.45, 2.75) is 32.7 Å². The van der Waals surface area contributed by atoms with Crippen molar-refractivity contribution in [3.05, 3.63) is 41.3 Å². The molecule has 0 aliphatic carbocycles. The molecule has 0 bridgehead atoms. The summed E-state index contributed by atoms with van der Waals surface area (Å²) < 4.78 is 7.41. The molecule has 0 unspecified atom stereocenters. The smallest absolute Gasteiger partial charge is 0.240 e. The Morgan fingerprint density at radius 2 is 2.12 bits per heavy atom. The predicted molar refractivity (Wildman–Crippen MR) is 128 cm³/mol. The maximum Gasteiger partial charge on any atom is 0.240 e. The number of nitrogens with two attached hydrogens (primary N) is 1. The van der Waals surface area contributed by atoms with E-state index in [1.807, 2.05) is 28.7 Å². The molecule has 1 fully saturated rings. The van der Waals surface area contributed by atoms with E-state index in [2.05, 4.69) is 38.2 Å². The van der Waals surface area contributed by atoms with Crippen LogP contribution in [0.5, 0.6) is 5.75 Å². The highest BCUT2D eigenvalue weighted by molar-refractivity contribution is 7.16. The number of carbonyl (C=O) groups excluding carboxylic acids is 1. The van der Waals surface area contributed by atoms with E-state index in [0.717, 1.165) is 33.8 Å². The highest BCUT2D eigenvalue weighted by Gasteiger charge is 2.32. The molecule has 3 N–H and O–H groups in total. The number of primary amides is 1. The number of ether oxygens (including phenoxy) is 1. The molecule has 5 rings (SSSR count). The SMILES string of the molecule is COc1cc(-n2cnc(Nc3nc(N4CCC[C@H]4C(N)=O)c4ncsc4n3)c2)cc(C)c1C. The Morgan fingerprint density at radius 3 is 2.91 bits per heavy atom. The van der Waals surface area contributed by atoms with Gasteiger partial charge >= 0.3 is 0 Å². The molecule has 1 atom stereocenters. The van der Waals surface area contributed by atoms with Crippen molar-refractivity contribution in [3.63, 3.8) is 0 Å². The van der Waals surface area contributed by atoms with Crippen LogP contribution in [0.2, 0.25) is 0 Å². The molecule has 10 nitrogen and oxygen atoms in total. The van der Waals surface area contributed by atoms with E-state index in [-0.39, 0.29) is 5.91 Å². The van der Waals surface area contributed by atoms with E-state index in [0.29, 0.717) is 36.1 Å². The van der Waals surface area contributed by atoms with Crippen LogP contribution in [0, 0.1) is 13.8 Å². The molecule has 4 aromatic rings. The Morgan fingerprint density at radius 1 is 1.27 bits per heavy atom. The van der Waals surface area contributed by atoms with Gasteiger partial charge in [0.2, 0.25) is 11.9 Å². The molecule has 4 heterocycles. The van der Waals surface area contributed by atoms with E-state index in [1.54, 1.807) is 18.9 Å². The van der Waals surface area contributed by atoms with Crippen LogP contribution in [0.25, 0.3) is 16.0 Å². The van der Waals surface area contributed by atoms with Gasteiger partial charge in [-0.25, -0.2) is 9.97 Å². The van der Waals surface area contributed by atoms with Crippen molar-refractivity contribution < 1.29 is 9.53 Å². The average Bonchev–Trinajstić information content (AvgIpc) is 3.55. The largest absolute Gasteiger partial charge is 0.496 e. The maximum atomic E-state index is 11.9. The molecule has 1 amide bonds. The average molecular weight is 465 g/mol. The van der Waals surface area contributed by atoms with E-state index in [1.165, 1.54) is 11.3 Å². The van der Waals surface area contributed by atoms with Gasteiger partial charge in [-0.15, -0.1) is 11.3 Å². The lowest BCUT2D eigenvalue weighted by Gasteiger charge is -2.23. The van der Waals surface area contributed by atoms with Gasteiger partial charge in [0.05, 0.1) is 24.5 Å². The lowest BCUT2D eigenvalue weighted by molar-refractivity contribution is -0.119. The number of hydrogen-bond donors (Lipinski definition) is 2. The molecule has 170 valence electrons. The number of nitrogens with zero attached hydrogens (tertiary/aromatic N) is 6. The van der Waals surface area contributed by atoms with E-state index in [4.69, 9.17) is 10.5 Å². The normalized spacial score (nSPS) is 15.8. The van der Waals surface area contributed by atoms with Gasteiger partial charge in [0.1, 0.15) is 23.6 Å². The minimum atomic E-state index is -0.392. The minimum Gasteiger partial charge on any atom is -0.496 e. The topological polar surface area (TPSA) is 124 Å². The zero-order chi connectivity index (χ0) is 23.1. The van der Waals surface area contributed by atoms with Gasteiger partial charge in [-0.1, -0.05) is 0 Å². The van der Waals surface area contributed by atoms with Crippen LogP contribution in [-0.2, 0) is 4.79 Å². The zero-order valence-electron chi connectivity index (χ0n) is 18.6. The lowest BCUT2D eigenvalue weighted by atomic mass is 10.1. The summed E-state index contributed by atoms with van der Waals surface area (Å²) in [6.45, 7) is 4.78. The van der Waals surface area contributed by atoms with Gasteiger partial charge in [-0.3, -0.25) is 4.79 Å². The van der Waals surface area contributed by atoms with Crippen LogP contribution in [-0.4, -0.2) is 50.1 Å². The number of benzene rings is 1. The molecular weight excluding hydrogens is 440 g/mol. The Hall–Kier alpha value is -3.73. The van der Waals surface area contributed by atoms with Crippen LogP contribution in [0.3, 0.4) is 0 Å². The van der Waals surface area contributed by atoms with Gasteiger partial charge in [-0.05, 0) is 43.9 Å². The van der Waals surface area contributed by atoms with Crippen LogP contribution < -0.4 is 20.7 Å². The number of aryl methyl sites for hydroxylation is 1. The van der Waals surface area contributed by atoms with Crippen molar-refractivity contribution in [1.29, 1.82) is 0 Å². The number of hydrogen-bond acceptors (Lipinski definition) is 9.